The molecule has 0 saturated carbocycles. The van der Waals surface area contributed by atoms with Gasteiger partial charge in [0.1, 0.15) is 11.5 Å². The van der Waals surface area contributed by atoms with E-state index >= 15 is 0 Å². The number of phenolic OH excluding ortho intramolecular Hbond substituents is 1. The molecule has 2 rings (SSSR count). The minimum atomic E-state index is -0.278. The number of aromatic hydroxyl groups is 1. The van der Waals surface area contributed by atoms with Crippen LogP contribution in [-0.4, -0.2) is 17.6 Å². The fourth-order valence-corrected chi connectivity index (χ4v) is 1.96. The van der Waals surface area contributed by atoms with Gasteiger partial charge in [-0.3, -0.25) is 4.79 Å². The van der Waals surface area contributed by atoms with Crippen molar-refractivity contribution in [1.29, 1.82) is 0 Å². The highest BCUT2D eigenvalue weighted by Crippen LogP contribution is 2.25. The molecule has 21 heavy (non-hydrogen) atoms. The van der Waals surface area contributed by atoms with E-state index in [4.69, 9.17) is 4.74 Å². The molecule has 0 spiro atoms. The summed E-state index contributed by atoms with van der Waals surface area (Å²) >= 11 is 3.18. The van der Waals surface area contributed by atoms with Gasteiger partial charge in [0.05, 0.1) is 11.1 Å². The summed E-state index contributed by atoms with van der Waals surface area (Å²) in [5.41, 5.74) is 1.06. The lowest BCUT2D eigenvalue weighted by Crippen LogP contribution is -2.11. The molecule has 0 bridgehead atoms. The summed E-state index contributed by atoms with van der Waals surface area (Å²) in [7, 11) is 0. The summed E-state index contributed by atoms with van der Waals surface area (Å²) in [6.07, 6.45) is 0.950. The molecule has 0 saturated heterocycles. The van der Waals surface area contributed by atoms with Gasteiger partial charge < -0.3 is 15.2 Å². The third-order valence-corrected chi connectivity index (χ3v) is 3.46. The summed E-state index contributed by atoms with van der Waals surface area (Å²) in [4.78, 5) is 12.1. The van der Waals surface area contributed by atoms with Gasteiger partial charge in [0, 0.05) is 11.3 Å². The van der Waals surface area contributed by atoms with Gasteiger partial charge in [-0.25, -0.2) is 0 Å². The quantitative estimate of drug-likeness (QED) is 0.850. The van der Waals surface area contributed by atoms with Crippen LogP contribution in [-0.2, 0) is 0 Å². The molecular formula is C16H16BrNO3. The summed E-state index contributed by atoms with van der Waals surface area (Å²) in [6.45, 7) is 2.71. The van der Waals surface area contributed by atoms with Crippen LogP contribution in [0.15, 0.2) is 46.9 Å². The second kappa shape index (κ2) is 7.13. The number of phenols is 1. The Kier molecular flexibility index (Phi) is 5.22. The lowest BCUT2D eigenvalue weighted by molar-refractivity contribution is 0.102. The highest BCUT2D eigenvalue weighted by Gasteiger charge is 2.08. The van der Waals surface area contributed by atoms with E-state index in [0.717, 1.165) is 12.2 Å². The Morgan fingerprint density at radius 2 is 1.95 bits per heavy atom. The predicted molar refractivity (Wildman–Crippen MR) is 86.0 cm³/mol. The van der Waals surface area contributed by atoms with Gasteiger partial charge in [-0.2, -0.15) is 0 Å². The monoisotopic (exact) mass is 349 g/mol. The zero-order valence-electron chi connectivity index (χ0n) is 11.6. The number of amides is 1. The van der Waals surface area contributed by atoms with Gasteiger partial charge in [0.15, 0.2) is 0 Å². The molecule has 2 aromatic carbocycles. The molecule has 0 unspecified atom stereocenters. The van der Waals surface area contributed by atoms with Gasteiger partial charge in [-0.15, -0.1) is 0 Å². The van der Waals surface area contributed by atoms with Crippen LogP contribution in [0.3, 0.4) is 0 Å². The highest BCUT2D eigenvalue weighted by atomic mass is 79.9. The first-order valence-corrected chi connectivity index (χ1v) is 7.42. The molecule has 0 heterocycles. The second-order valence-corrected chi connectivity index (χ2v) is 5.35. The molecule has 5 heteroatoms. The van der Waals surface area contributed by atoms with Crippen LogP contribution in [0.4, 0.5) is 5.69 Å². The number of carbonyl (C=O) groups is 1. The maximum Gasteiger partial charge on any atom is 0.255 e. The van der Waals surface area contributed by atoms with Crippen LogP contribution in [0.25, 0.3) is 0 Å². The minimum Gasteiger partial charge on any atom is -0.507 e. The van der Waals surface area contributed by atoms with E-state index < -0.39 is 0 Å². The van der Waals surface area contributed by atoms with Crippen molar-refractivity contribution in [3.8, 4) is 11.5 Å². The van der Waals surface area contributed by atoms with Crippen LogP contribution in [0, 0.1) is 0 Å². The molecule has 110 valence electrons. The number of ether oxygens (including phenoxy) is 1. The van der Waals surface area contributed by atoms with E-state index in [0.29, 0.717) is 22.3 Å². The zero-order chi connectivity index (χ0) is 15.2. The Hall–Kier alpha value is -2.01. The average molecular weight is 350 g/mol. The number of anilines is 1. The van der Waals surface area contributed by atoms with Crippen molar-refractivity contribution in [1.82, 2.24) is 0 Å². The zero-order valence-corrected chi connectivity index (χ0v) is 13.2. The summed E-state index contributed by atoms with van der Waals surface area (Å²) in [5.74, 6) is 0.530. The fraction of sp³-hybridized carbons (Fsp3) is 0.188. The molecule has 0 aliphatic rings. The van der Waals surface area contributed by atoms with Gasteiger partial charge >= 0.3 is 0 Å². The van der Waals surface area contributed by atoms with Crippen molar-refractivity contribution >= 4 is 27.5 Å². The molecule has 0 radical (unpaired) electrons. The molecule has 2 N–H and O–H groups in total. The van der Waals surface area contributed by atoms with Crippen molar-refractivity contribution in [2.45, 2.75) is 13.3 Å². The van der Waals surface area contributed by atoms with Crippen LogP contribution in [0.2, 0.25) is 0 Å². The SMILES string of the molecule is CCCOc1ccc(NC(=O)c2ccc(Br)c(O)c2)cc1. The van der Waals surface area contributed by atoms with E-state index in [9.17, 15) is 9.90 Å². The molecule has 2 aromatic rings. The van der Waals surface area contributed by atoms with E-state index in [-0.39, 0.29) is 11.7 Å². The Labute approximate surface area is 131 Å². The van der Waals surface area contributed by atoms with Crippen molar-refractivity contribution in [3.05, 3.63) is 52.5 Å². The van der Waals surface area contributed by atoms with E-state index in [1.165, 1.54) is 6.07 Å². The Morgan fingerprint density at radius 1 is 1.24 bits per heavy atom. The summed E-state index contributed by atoms with van der Waals surface area (Å²) in [5, 5.41) is 12.4. The van der Waals surface area contributed by atoms with E-state index in [1.807, 2.05) is 19.1 Å². The first kappa shape index (κ1) is 15.4. The number of benzene rings is 2. The smallest absolute Gasteiger partial charge is 0.255 e. The minimum absolute atomic E-state index is 0.0333. The number of carbonyl (C=O) groups excluding carboxylic acids is 1. The first-order valence-electron chi connectivity index (χ1n) is 6.63. The van der Waals surface area contributed by atoms with Crippen molar-refractivity contribution in [2.75, 3.05) is 11.9 Å². The lowest BCUT2D eigenvalue weighted by atomic mass is 10.2. The van der Waals surface area contributed by atoms with Crippen molar-refractivity contribution in [3.63, 3.8) is 0 Å². The third-order valence-electron chi connectivity index (χ3n) is 2.79. The molecule has 4 nitrogen and oxygen atoms in total. The Balaban J connectivity index is 2.03. The van der Waals surface area contributed by atoms with Crippen molar-refractivity contribution in [2.24, 2.45) is 0 Å². The van der Waals surface area contributed by atoms with Gasteiger partial charge in [-0.1, -0.05) is 6.92 Å². The molecule has 0 atom stereocenters. The molecule has 0 aliphatic carbocycles. The predicted octanol–water partition coefficient (Wildman–Crippen LogP) is 4.20. The normalized spacial score (nSPS) is 10.2. The van der Waals surface area contributed by atoms with Crippen LogP contribution >= 0.6 is 15.9 Å². The second-order valence-electron chi connectivity index (χ2n) is 4.49. The topological polar surface area (TPSA) is 58.6 Å². The lowest BCUT2D eigenvalue weighted by Gasteiger charge is -2.08. The maximum absolute atomic E-state index is 12.1. The molecule has 0 aliphatic heterocycles. The third kappa shape index (κ3) is 4.23. The van der Waals surface area contributed by atoms with E-state index in [1.54, 1.807) is 24.3 Å². The van der Waals surface area contributed by atoms with Gasteiger partial charge in [-0.05, 0) is 64.8 Å². The van der Waals surface area contributed by atoms with Gasteiger partial charge in [0.2, 0.25) is 0 Å². The molecule has 0 fully saturated rings. The number of halogens is 1. The number of hydrogen-bond donors (Lipinski definition) is 2. The summed E-state index contributed by atoms with van der Waals surface area (Å²) < 4.78 is 6.03. The fourth-order valence-electron chi connectivity index (χ4n) is 1.71. The van der Waals surface area contributed by atoms with Crippen LogP contribution in [0.5, 0.6) is 11.5 Å². The number of hydrogen-bond acceptors (Lipinski definition) is 3. The highest BCUT2D eigenvalue weighted by molar-refractivity contribution is 9.10. The van der Waals surface area contributed by atoms with E-state index in [2.05, 4.69) is 21.2 Å². The number of rotatable bonds is 5. The molecule has 0 aromatic heterocycles. The Bertz CT molecular complexity index is 626. The standard InChI is InChI=1S/C16H16BrNO3/c1-2-9-21-13-6-4-12(5-7-13)18-16(20)11-3-8-14(17)15(19)10-11/h3-8,10,19H,2,9H2,1H3,(H,18,20). The Morgan fingerprint density at radius 3 is 2.57 bits per heavy atom. The maximum atomic E-state index is 12.1. The average Bonchev–Trinajstić information content (AvgIpc) is 2.49. The van der Waals surface area contributed by atoms with Crippen LogP contribution in [0.1, 0.15) is 23.7 Å². The van der Waals surface area contributed by atoms with Crippen LogP contribution < -0.4 is 10.1 Å². The van der Waals surface area contributed by atoms with Crippen molar-refractivity contribution < 1.29 is 14.6 Å². The van der Waals surface area contributed by atoms with Gasteiger partial charge in [0.25, 0.3) is 5.91 Å². The molecule has 1 amide bonds. The largest absolute Gasteiger partial charge is 0.507 e. The molecular weight excluding hydrogens is 334 g/mol. The number of nitrogens with one attached hydrogen (secondary N) is 1. The first-order chi connectivity index (χ1) is 10.1. The summed E-state index contributed by atoms with van der Waals surface area (Å²) in [6, 6.07) is 11.9.